The van der Waals surface area contributed by atoms with Gasteiger partial charge in [-0.3, -0.25) is 4.79 Å². The molecule has 0 aliphatic rings. The van der Waals surface area contributed by atoms with Gasteiger partial charge in [0.15, 0.2) is 5.82 Å². The van der Waals surface area contributed by atoms with Crippen LogP contribution in [0.25, 0.3) is 0 Å². The number of rotatable bonds is 3. The van der Waals surface area contributed by atoms with Crippen LogP contribution in [0.2, 0.25) is 0 Å². The van der Waals surface area contributed by atoms with E-state index < -0.39 is 17.5 Å². The van der Waals surface area contributed by atoms with Crippen LogP contribution in [0.3, 0.4) is 0 Å². The number of hydrogen-bond donors (Lipinski definition) is 2. The molecule has 0 aliphatic carbocycles. The molecule has 2 rings (SSSR count). The normalized spacial score (nSPS) is 10.5. The van der Waals surface area contributed by atoms with E-state index in [1.165, 1.54) is 11.3 Å². The fourth-order valence-electron chi connectivity index (χ4n) is 1.59. The molecule has 100 valence electrons. The van der Waals surface area contributed by atoms with Crippen LogP contribution in [0, 0.1) is 11.6 Å². The van der Waals surface area contributed by atoms with Crippen LogP contribution in [0.4, 0.5) is 20.2 Å². The lowest BCUT2D eigenvalue weighted by molar-refractivity contribution is 0.103. The minimum absolute atomic E-state index is 0.141. The molecule has 2 aromatic rings. The Bertz CT molecular complexity index is 602. The lowest BCUT2D eigenvalue weighted by Crippen LogP contribution is -2.13. The van der Waals surface area contributed by atoms with Crippen molar-refractivity contribution in [3.05, 3.63) is 45.7 Å². The average molecular weight is 282 g/mol. The quantitative estimate of drug-likeness (QED) is 0.847. The average Bonchev–Trinajstić information content (AvgIpc) is 2.82. The number of nitrogens with one attached hydrogen (secondary N) is 1. The second-order valence-electron chi connectivity index (χ2n) is 3.93. The molecule has 0 atom stereocenters. The van der Waals surface area contributed by atoms with E-state index in [2.05, 4.69) is 5.32 Å². The Morgan fingerprint density at radius 3 is 2.68 bits per heavy atom. The van der Waals surface area contributed by atoms with Gasteiger partial charge in [-0.1, -0.05) is 6.92 Å². The van der Waals surface area contributed by atoms with Gasteiger partial charge in [0.25, 0.3) is 5.91 Å². The number of amides is 1. The fraction of sp³-hybridized carbons (Fsp3) is 0.154. The van der Waals surface area contributed by atoms with Crippen LogP contribution >= 0.6 is 11.3 Å². The summed E-state index contributed by atoms with van der Waals surface area (Å²) >= 11 is 1.33. The highest BCUT2D eigenvalue weighted by Gasteiger charge is 2.15. The van der Waals surface area contributed by atoms with Gasteiger partial charge >= 0.3 is 0 Å². The van der Waals surface area contributed by atoms with Crippen molar-refractivity contribution in [3.63, 3.8) is 0 Å². The Balaban J connectivity index is 2.24. The summed E-state index contributed by atoms with van der Waals surface area (Å²) in [6, 6.07) is 5.14. The summed E-state index contributed by atoms with van der Waals surface area (Å²) in [4.78, 5) is 13.4. The predicted octanol–water partition coefficient (Wildman–Crippen LogP) is 3.42. The molecule has 0 saturated carbocycles. The molecule has 3 nitrogen and oxygen atoms in total. The van der Waals surface area contributed by atoms with Crippen LogP contribution in [0.1, 0.15) is 21.5 Å². The summed E-state index contributed by atoms with van der Waals surface area (Å²) in [6.07, 6.45) is 0.824. The van der Waals surface area contributed by atoms with E-state index >= 15 is 0 Å². The van der Waals surface area contributed by atoms with E-state index in [4.69, 9.17) is 5.73 Å². The molecule has 0 aliphatic heterocycles. The maximum atomic E-state index is 13.5. The highest BCUT2D eigenvalue weighted by molar-refractivity contribution is 7.14. The molecule has 19 heavy (non-hydrogen) atoms. The van der Waals surface area contributed by atoms with Gasteiger partial charge in [-0.2, -0.15) is 0 Å². The Morgan fingerprint density at radius 1 is 1.37 bits per heavy atom. The number of benzene rings is 1. The maximum Gasteiger partial charge on any atom is 0.265 e. The number of carbonyl (C=O) groups is 1. The van der Waals surface area contributed by atoms with Crippen LogP contribution in [-0.2, 0) is 6.42 Å². The predicted molar refractivity (Wildman–Crippen MR) is 72.4 cm³/mol. The molecular weight excluding hydrogens is 270 g/mol. The lowest BCUT2D eigenvalue weighted by atomic mass is 10.2. The molecule has 1 aromatic heterocycles. The lowest BCUT2D eigenvalue weighted by Gasteiger charge is -2.08. The summed E-state index contributed by atoms with van der Waals surface area (Å²) in [5.41, 5.74) is 5.15. The third kappa shape index (κ3) is 2.90. The maximum absolute atomic E-state index is 13.5. The van der Waals surface area contributed by atoms with Crippen molar-refractivity contribution in [2.75, 3.05) is 11.1 Å². The SMILES string of the molecule is CCc1ccc(C(=O)Nc2c(N)cc(F)cc2F)s1. The molecule has 0 saturated heterocycles. The van der Waals surface area contributed by atoms with Crippen LogP contribution < -0.4 is 11.1 Å². The van der Waals surface area contributed by atoms with Crippen LogP contribution in [0.5, 0.6) is 0 Å². The number of thiophene rings is 1. The second-order valence-corrected chi connectivity index (χ2v) is 5.09. The largest absolute Gasteiger partial charge is 0.397 e. The molecule has 0 spiro atoms. The first kappa shape index (κ1) is 13.5. The van der Waals surface area contributed by atoms with Crippen molar-refractivity contribution in [2.45, 2.75) is 13.3 Å². The summed E-state index contributed by atoms with van der Waals surface area (Å²) < 4.78 is 26.4. The zero-order chi connectivity index (χ0) is 14.0. The minimum atomic E-state index is -0.891. The Labute approximate surface area is 113 Å². The molecule has 1 aromatic carbocycles. The standard InChI is InChI=1S/C13H12F2N2OS/c1-2-8-3-4-11(19-8)13(18)17-12-9(15)5-7(14)6-10(12)16/h3-6H,2,16H2,1H3,(H,17,18). The Kier molecular flexibility index (Phi) is 3.80. The number of halogens is 2. The molecule has 0 bridgehead atoms. The van der Waals surface area contributed by atoms with Crippen molar-refractivity contribution in [3.8, 4) is 0 Å². The van der Waals surface area contributed by atoms with Gasteiger partial charge in [0.05, 0.1) is 10.6 Å². The topological polar surface area (TPSA) is 55.1 Å². The first-order valence-electron chi connectivity index (χ1n) is 5.66. The number of anilines is 2. The van der Waals surface area contributed by atoms with Crippen LogP contribution in [-0.4, -0.2) is 5.91 Å². The molecule has 3 N–H and O–H groups in total. The molecule has 1 amide bonds. The van der Waals surface area contributed by atoms with Crippen molar-refractivity contribution in [1.82, 2.24) is 0 Å². The van der Waals surface area contributed by atoms with Gasteiger partial charge in [-0.25, -0.2) is 8.78 Å². The third-order valence-corrected chi connectivity index (χ3v) is 3.79. The van der Waals surface area contributed by atoms with Crippen LogP contribution in [0.15, 0.2) is 24.3 Å². The van der Waals surface area contributed by atoms with E-state index in [0.717, 1.165) is 17.4 Å². The number of nitrogen functional groups attached to an aromatic ring is 1. The second kappa shape index (κ2) is 5.36. The van der Waals surface area contributed by atoms with Gasteiger partial charge in [-0.05, 0) is 24.6 Å². The summed E-state index contributed by atoms with van der Waals surface area (Å²) in [5, 5.41) is 2.36. The van der Waals surface area contributed by atoms with Gasteiger partial charge in [-0.15, -0.1) is 11.3 Å². The van der Waals surface area contributed by atoms with Gasteiger partial charge in [0.2, 0.25) is 0 Å². The van der Waals surface area contributed by atoms with Gasteiger partial charge < -0.3 is 11.1 Å². The molecule has 0 radical (unpaired) electrons. The van der Waals surface area contributed by atoms with E-state index in [-0.39, 0.29) is 11.4 Å². The van der Waals surface area contributed by atoms with Crippen molar-refractivity contribution in [2.24, 2.45) is 0 Å². The van der Waals surface area contributed by atoms with Crippen molar-refractivity contribution < 1.29 is 13.6 Å². The third-order valence-electron chi connectivity index (χ3n) is 2.56. The summed E-state index contributed by atoms with van der Waals surface area (Å²) in [7, 11) is 0. The van der Waals surface area contributed by atoms with Crippen molar-refractivity contribution in [1.29, 1.82) is 0 Å². The summed E-state index contributed by atoms with van der Waals surface area (Å²) in [5.74, 6) is -2.13. The van der Waals surface area contributed by atoms with Crippen molar-refractivity contribution >= 4 is 28.6 Å². The molecule has 6 heteroatoms. The highest BCUT2D eigenvalue weighted by atomic mass is 32.1. The molecular formula is C13H12F2N2OS. The van der Waals surface area contributed by atoms with E-state index in [9.17, 15) is 13.6 Å². The first-order chi connectivity index (χ1) is 9.01. The zero-order valence-electron chi connectivity index (χ0n) is 10.2. The fourth-order valence-corrected chi connectivity index (χ4v) is 2.43. The monoisotopic (exact) mass is 282 g/mol. The number of aryl methyl sites for hydroxylation is 1. The van der Waals surface area contributed by atoms with Gasteiger partial charge in [0.1, 0.15) is 11.5 Å². The van der Waals surface area contributed by atoms with E-state index in [0.29, 0.717) is 10.9 Å². The smallest absolute Gasteiger partial charge is 0.265 e. The molecule has 0 unspecified atom stereocenters. The van der Waals surface area contributed by atoms with E-state index in [1.807, 2.05) is 13.0 Å². The number of hydrogen-bond acceptors (Lipinski definition) is 3. The first-order valence-corrected chi connectivity index (χ1v) is 6.47. The summed E-state index contributed by atoms with van der Waals surface area (Å²) in [6.45, 7) is 1.98. The number of nitrogens with two attached hydrogens (primary N) is 1. The zero-order valence-corrected chi connectivity index (χ0v) is 11.0. The molecule has 1 heterocycles. The molecule has 0 fully saturated rings. The highest BCUT2D eigenvalue weighted by Crippen LogP contribution is 2.25. The van der Waals surface area contributed by atoms with Gasteiger partial charge in [0, 0.05) is 10.9 Å². The van der Waals surface area contributed by atoms with E-state index in [1.54, 1.807) is 6.07 Å². The Morgan fingerprint density at radius 2 is 2.11 bits per heavy atom. The minimum Gasteiger partial charge on any atom is -0.397 e. The number of carbonyl (C=O) groups excluding carboxylic acids is 1. The Hall–Kier alpha value is -1.95.